The van der Waals surface area contributed by atoms with E-state index in [1.165, 1.54) is 23.5 Å². The van der Waals surface area contributed by atoms with Gasteiger partial charge in [0.15, 0.2) is 0 Å². The molecule has 0 unspecified atom stereocenters. The summed E-state index contributed by atoms with van der Waals surface area (Å²) < 4.78 is 62.8. The number of amides is 1. The van der Waals surface area contributed by atoms with E-state index in [4.69, 9.17) is 4.74 Å². The van der Waals surface area contributed by atoms with E-state index in [1.54, 1.807) is 72.5 Å². The fraction of sp³-hybridized carbons (Fsp3) is 0.367. The number of ether oxygens (including phenoxy) is 1. The number of benzene rings is 3. The SMILES string of the molecule is Cc1ccc(S(=O)(=O)N(C)C[C@H]2Oc3ccc(NS(=O)(=O)c4ccccc4)cc3CC(=O)N([C@@H](C)CO)C[C@@H]2C)cc1. The van der Waals surface area contributed by atoms with Crippen molar-refractivity contribution in [3.8, 4) is 5.75 Å². The number of anilines is 1. The standard InChI is InChI=1S/C30H37N3O7S2/c1-21-10-13-27(14-11-21)42(38,39)32(4)19-29-22(2)18-33(23(3)20-34)30(35)17-24-16-25(12-15-28(24)40-29)31-41(36,37)26-8-6-5-7-9-26/h5-16,22-23,29,31,34H,17-20H2,1-4H3/t22-,23-,29+/m0/s1. The van der Waals surface area contributed by atoms with Gasteiger partial charge in [0, 0.05) is 30.8 Å². The van der Waals surface area contributed by atoms with Crippen LogP contribution in [0.25, 0.3) is 0 Å². The van der Waals surface area contributed by atoms with E-state index in [2.05, 4.69) is 4.72 Å². The van der Waals surface area contributed by atoms with E-state index < -0.39 is 32.2 Å². The summed E-state index contributed by atoms with van der Waals surface area (Å²) in [5.74, 6) is -0.235. The molecule has 0 bridgehead atoms. The molecule has 1 aliphatic heterocycles. The number of fused-ring (bicyclic) bond motifs is 1. The number of aryl methyl sites for hydroxylation is 1. The van der Waals surface area contributed by atoms with Crippen molar-refractivity contribution in [3.63, 3.8) is 0 Å². The van der Waals surface area contributed by atoms with Crippen LogP contribution in [0.5, 0.6) is 5.75 Å². The van der Waals surface area contributed by atoms with Gasteiger partial charge >= 0.3 is 0 Å². The molecule has 3 atom stereocenters. The normalized spacial score (nSPS) is 18.8. The first-order valence-corrected chi connectivity index (χ1v) is 16.5. The number of nitrogens with one attached hydrogen (secondary N) is 1. The summed E-state index contributed by atoms with van der Waals surface area (Å²) in [4.78, 5) is 15.3. The number of carbonyl (C=O) groups is 1. The number of likely N-dealkylation sites (N-methyl/N-ethyl adjacent to an activating group) is 1. The summed E-state index contributed by atoms with van der Waals surface area (Å²) in [6.07, 6.45) is -0.766. The minimum Gasteiger partial charge on any atom is -0.488 e. The fourth-order valence-electron chi connectivity index (χ4n) is 4.77. The lowest BCUT2D eigenvalue weighted by Crippen LogP contribution is -2.48. The molecule has 0 fully saturated rings. The molecule has 0 saturated heterocycles. The molecule has 0 radical (unpaired) electrons. The topological polar surface area (TPSA) is 133 Å². The van der Waals surface area contributed by atoms with Crippen molar-refractivity contribution in [2.75, 3.05) is 31.5 Å². The summed E-state index contributed by atoms with van der Waals surface area (Å²) in [7, 11) is -6.22. The van der Waals surface area contributed by atoms with Crippen molar-refractivity contribution in [3.05, 3.63) is 83.9 Å². The molecule has 0 saturated carbocycles. The van der Waals surface area contributed by atoms with Crippen LogP contribution >= 0.6 is 0 Å². The maximum atomic E-state index is 13.5. The average Bonchev–Trinajstić information content (AvgIpc) is 3.00. The maximum Gasteiger partial charge on any atom is 0.261 e. The van der Waals surface area contributed by atoms with E-state index in [0.29, 0.717) is 11.3 Å². The van der Waals surface area contributed by atoms with Gasteiger partial charge in [-0.1, -0.05) is 42.8 Å². The number of aliphatic hydroxyl groups is 1. The van der Waals surface area contributed by atoms with Crippen LogP contribution in [0.1, 0.15) is 25.0 Å². The predicted molar refractivity (Wildman–Crippen MR) is 160 cm³/mol. The molecule has 4 rings (SSSR count). The minimum atomic E-state index is -3.88. The Morgan fingerprint density at radius 2 is 1.69 bits per heavy atom. The number of hydrogen-bond donors (Lipinski definition) is 2. The van der Waals surface area contributed by atoms with Crippen molar-refractivity contribution < 1.29 is 31.5 Å². The second-order valence-electron chi connectivity index (χ2n) is 10.7. The largest absolute Gasteiger partial charge is 0.488 e. The third kappa shape index (κ3) is 7.12. The van der Waals surface area contributed by atoms with Crippen molar-refractivity contribution in [2.24, 2.45) is 5.92 Å². The summed E-state index contributed by atoms with van der Waals surface area (Å²) in [6, 6.07) is 18.7. The molecular weight excluding hydrogens is 578 g/mol. The Balaban J connectivity index is 1.68. The third-order valence-electron chi connectivity index (χ3n) is 7.39. The number of aliphatic hydroxyl groups excluding tert-OH is 1. The van der Waals surface area contributed by atoms with E-state index in [-0.39, 0.29) is 53.4 Å². The summed E-state index contributed by atoms with van der Waals surface area (Å²) >= 11 is 0. The average molecular weight is 616 g/mol. The molecule has 0 spiro atoms. The first-order valence-electron chi connectivity index (χ1n) is 13.6. The van der Waals surface area contributed by atoms with Gasteiger partial charge in [-0.3, -0.25) is 9.52 Å². The molecule has 42 heavy (non-hydrogen) atoms. The third-order valence-corrected chi connectivity index (χ3v) is 10.6. The van der Waals surface area contributed by atoms with Crippen LogP contribution in [-0.2, 0) is 31.3 Å². The molecule has 12 heteroatoms. The van der Waals surface area contributed by atoms with Gasteiger partial charge in [-0.2, -0.15) is 4.31 Å². The van der Waals surface area contributed by atoms with Gasteiger partial charge in [-0.05, 0) is 56.3 Å². The maximum absolute atomic E-state index is 13.5. The number of carbonyl (C=O) groups excluding carboxylic acids is 1. The van der Waals surface area contributed by atoms with Gasteiger partial charge in [-0.15, -0.1) is 0 Å². The first-order chi connectivity index (χ1) is 19.8. The molecule has 0 aromatic heterocycles. The Labute approximate surface area is 248 Å². The van der Waals surface area contributed by atoms with Crippen LogP contribution in [0.15, 0.2) is 82.6 Å². The molecule has 3 aromatic carbocycles. The summed E-state index contributed by atoms with van der Waals surface area (Å²) in [6.45, 7) is 5.45. The fourth-order valence-corrected chi connectivity index (χ4v) is 7.02. The highest BCUT2D eigenvalue weighted by Gasteiger charge is 2.33. The molecule has 226 valence electrons. The number of rotatable bonds is 9. The van der Waals surface area contributed by atoms with E-state index in [0.717, 1.165) is 5.56 Å². The van der Waals surface area contributed by atoms with Crippen LogP contribution in [0, 0.1) is 12.8 Å². The minimum absolute atomic E-state index is 0.00522. The Bertz CT molecular complexity index is 1610. The van der Waals surface area contributed by atoms with Crippen molar-refractivity contribution in [1.82, 2.24) is 9.21 Å². The van der Waals surface area contributed by atoms with Crippen molar-refractivity contribution in [1.29, 1.82) is 0 Å². The molecular formula is C30H37N3O7S2. The second kappa shape index (κ2) is 12.8. The first kappa shape index (κ1) is 31.5. The van der Waals surface area contributed by atoms with Crippen molar-refractivity contribution >= 4 is 31.6 Å². The molecule has 0 aliphatic carbocycles. The van der Waals surface area contributed by atoms with Crippen LogP contribution in [0.4, 0.5) is 5.69 Å². The molecule has 1 amide bonds. The van der Waals surface area contributed by atoms with Gasteiger partial charge in [0.25, 0.3) is 10.0 Å². The highest BCUT2D eigenvalue weighted by Crippen LogP contribution is 2.30. The summed E-state index contributed by atoms with van der Waals surface area (Å²) in [5.41, 5.74) is 1.62. The van der Waals surface area contributed by atoms with Crippen LogP contribution in [0.2, 0.25) is 0 Å². The highest BCUT2D eigenvalue weighted by molar-refractivity contribution is 7.92. The highest BCUT2D eigenvalue weighted by atomic mass is 32.2. The van der Waals surface area contributed by atoms with Gasteiger partial charge in [0.05, 0.1) is 35.4 Å². The van der Waals surface area contributed by atoms with E-state index in [1.807, 2.05) is 13.8 Å². The molecule has 1 heterocycles. The zero-order valence-electron chi connectivity index (χ0n) is 24.1. The van der Waals surface area contributed by atoms with Crippen molar-refractivity contribution in [2.45, 2.75) is 49.1 Å². The van der Waals surface area contributed by atoms with Gasteiger partial charge < -0.3 is 14.7 Å². The number of nitrogens with zero attached hydrogens (tertiary/aromatic N) is 2. The second-order valence-corrected chi connectivity index (χ2v) is 14.5. The van der Waals surface area contributed by atoms with E-state index >= 15 is 0 Å². The quantitative estimate of drug-likeness (QED) is 0.378. The Hall–Kier alpha value is -3.45. The Kier molecular flexibility index (Phi) is 9.61. The smallest absolute Gasteiger partial charge is 0.261 e. The van der Waals surface area contributed by atoms with Gasteiger partial charge in [-0.25, -0.2) is 16.8 Å². The molecule has 10 nitrogen and oxygen atoms in total. The lowest BCUT2D eigenvalue weighted by atomic mass is 10.0. The van der Waals surface area contributed by atoms with Gasteiger partial charge in [0.1, 0.15) is 11.9 Å². The monoisotopic (exact) mass is 615 g/mol. The van der Waals surface area contributed by atoms with Gasteiger partial charge in [0.2, 0.25) is 15.9 Å². The summed E-state index contributed by atoms with van der Waals surface area (Å²) in [5, 5.41) is 9.87. The zero-order valence-corrected chi connectivity index (χ0v) is 25.7. The molecule has 3 aromatic rings. The molecule has 2 N–H and O–H groups in total. The van der Waals surface area contributed by atoms with Crippen LogP contribution in [0.3, 0.4) is 0 Å². The lowest BCUT2D eigenvalue weighted by Gasteiger charge is -2.33. The Morgan fingerprint density at radius 3 is 2.33 bits per heavy atom. The zero-order chi connectivity index (χ0) is 30.7. The van der Waals surface area contributed by atoms with E-state index in [9.17, 15) is 26.7 Å². The molecule has 1 aliphatic rings. The predicted octanol–water partition coefficient (Wildman–Crippen LogP) is 3.27. The van der Waals surface area contributed by atoms with Crippen LogP contribution < -0.4 is 9.46 Å². The Morgan fingerprint density at radius 1 is 1.02 bits per heavy atom. The van der Waals surface area contributed by atoms with Crippen LogP contribution in [-0.4, -0.2) is 75.9 Å². The number of hydrogen-bond acceptors (Lipinski definition) is 7. The number of sulfonamides is 2. The lowest BCUT2D eigenvalue weighted by molar-refractivity contribution is -0.134.